The second kappa shape index (κ2) is 9.95. The highest BCUT2D eigenvalue weighted by molar-refractivity contribution is 7.89. The lowest BCUT2D eigenvalue weighted by atomic mass is 9.82. The van der Waals surface area contributed by atoms with E-state index in [1.807, 2.05) is 43.4 Å². The summed E-state index contributed by atoms with van der Waals surface area (Å²) in [6, 6.07) is 18.2. The number of benzene rings is 3. The molecule has 5 rings (SSSR count). The van der Waals surface area contributed by atoms with Gasteiger partial charge in [-0.25, -0.2) is 13.1 Å². The lowest BCUT2D eigenvalue weighted by Gasteiger charge is -2.31. The molecule has 9 nitrogen and oxygen atoms in total. The van der Waals surface area contributed by atoms with E-state index < -0.39 is 10.0 Å². The molecule has 4 aromatic rings. The minimum absolute atomic E-state index is 0.159. The summed E-state index contributed by atoms with van der Waals surface area (Å²) in [6.07, 6.45) is 0.693. The van der Waals surface area contributed by atoms with Crippen molar-refractivity contribution in [3.63, 3.8) is 0 Å². The summed E-state index contributed by atoms with van der Waals surface area (Å²) in [4.78, 5) is 12.7. The van der Waals surface area contributed by atoms with Crippen LogP contribution in [0.5, 0.6) is 5.75 Å². The SMILES string of the molecule is COC(=O)CC(c1ccc2c(c1)nnn2C)c1cccc2c1CCN(S(=O)(=O)c1ccc(OC)cc1)C2. The number of aryl methyl sites for hydroxylation is 1. The van der Waals surface area contributed by atoms with E-state index in [9.17, 15) is 13.2 Å². The van der Waals surface area contributed by atoms with Crippen molar-refractivity contribution < 1.29 is 22.7 Å². The van der Waals surface area contributed by atoms with E-state index in [4.69, 9.17) is 9.47 Å². The zero-order chi connectivity index (χ0) is 26.2. The molecule has 3 aromatic carbocycles. The first-order chi connectivity index (χ1) is 17.8. The van der Waals surface area contributed by atoms with Gasteiger partial charge in [0.25, 0.3) is 0 Å². The van der Waals surface area contributed by atoms with Gasteiger partial charge in [0.05, 0.1) is 31.1 Å². The highest BCUT2D eigenvalue weighted by Gasteiger charge is 2.31. The second-order valence-electron chi connectivity index (χ2n) is 9.04. The van der Waals surface area contributed by atoms with Crippen molar-refractivity contribution in [3.05, 3.63) is 82.9 Å². The molecule has 0 spiro atoms. The van der Waals surface area contributed by atoms with E-state index in [0.29, 0.717) is 18.7 Å². The molecule has 1 aliphatic rings. The minimum Gasteiger partial charge on any atom is -0.497 e. The molecule has 0 saturated carbocycles. The fourth-order valence-electron chi connectivity index (χ4n) is 4.97. The van der Waals surface area contributed by atoms with Crippen molar-refractivity contribution in [1.29, 1.82) is 0 Å². The van der Waals surface area contributed by atoms with Crippen LogP contribution in [0.25, 0.3) is 11.0 Å². The first-order valence-corrected chi connectivity index (χ1v) is 13.4. The maximum atomic E-state index is 13.4. The van der Waals surface area contributed by atoms with Crippen LogP contribution in [0.1, 0.15) is 34.6 Å². The van der Waals surface area contributed by atoms with Crippen LogP contribution < -0.4 is 4.74 Å². The van der Waals surface area contributed by atoms with Crippen molar-refractivity contribution in [2.45, 2.75) is 30.2 Å². The normalized spacial score (nSPS) is 14.8. The molecule has 10 heteroatoms. The summed E-state index contributed by atoms with van der Waals surface area (Å²) < 4.78 is 40.1. The predicted molar refractivity (Wildman–Crippen MR) is 138 cm³/mol. The molecule has 37 heavy (non-hydrogen) atoms. The predicted octanol–water partition coefficient (Wildman–Crippen LogP) is 3.42. The first-order valence-electron chi connectivity index (χ1n) is 11.9. The molecular weight excluding hydrogens is 492 g/mol. The Morgan fingerprint density at radius 1 is 1.08 bits per heavy atom. The number of aromatic nitrogens is 3. The monoisotopic (exact) mass is 520 g/mol. The van der Waals surface area contributed by atoms with E-state index in [2.05, 4.69) is 10.3 Å². The lowest BCUT2D eigenvalue weighted by molar-refractivity contribution is -0.140. The van der Waals surface area contributed by atoms with Crippen molar-refractivity contribution in [2.24, 2.45) is 7.05 Å². The largest absolute Gasteiger partial charge is 0.497 e. The molecule has 192 valence electrons. The summed E-state index contributed by atoms with van der Waals surface area (Å²) in [5.41, 5.74) is 5.56. The molecule has 0 bridgehead atoms. The number of hydrogen-bond acceptors (Lipinski definition) is 7. The molecule has 0 radical (unpaired) electrons. The topological polar surface area (TPSA) is 104 Å². The second-order valence-corrected chi connectivity index (χ2v) is 11.0. The molecule has 1 aliphatic heterocycles. The van der Waals surface area contributed by atoms with E-state index >= 15 is 0 Å². The first kappa shape index (κ1) is 24.9. The van der Waals surface area contributed by atoms with Crippen LogP contribution in [0.4, 0.5) is 0 Å². The van der Waals surface area contributed by atoms with E-state index in [1.54, 1.807) is 36.1 Å². The van der Waals surface area contributed by atoms with Gasteiger partial charge in [0.2, 0.25) is 10.0 Å². The summed E-state index contributed by atoms with van der Waals surface area (Å²) in [7, 11) is 1.09. The van der Waals surface area contributed by atoms with Gasteiger partial charge in [0.1, 0.15) is 11.3 Å². The molecule has 0 saturated heterocycles. The van der Waals surface area contributed by atoms with Gasteiger partial charge in [0, 0.05) is 26.1 Å². The Morgan fingerprint density at radius 2 is 1.86 bits per heavy atom. The highest BCUT2D eigenvalue weighted by atomic mass is 32.2. The van der Waals surface area contributed by atoms with Gasteiger partial charge in [-0.05, 0) is 65.1 Å². The zero-order valence-electron chi connectivity index (χ0n) is 20.9. The molecule has 2 heterocycles. The third-order valence-corrected chi connectivity index (χ3v) is 8.83. The molecule has 0 aliphatic carbocycles. The average molecular weight is 521 g/mol. The Balaban J connectivity index is 1.50. The van der Waals surface area contributed by atoms with Gasteiger partial charge < -0.3 is 9.47 Å². The average Bonchev–Trinajstić information content (AvgIpc) is 3.30. The highest BCUT2D eigenvalue weighted by Crippen LogP contribution is 2.36. The number of hydrogen-bond donors (Lipinski definition) is 0. The number of nitrogens with zero attached hydrogens (tertiary/aromatic N) is 4. The fourth-order valence-corrected chi connectivity index (χ4v) is 6.39. The van der Waals surface area contributed by atoms with Gasteiger partial charge in [0.15, 0.2) is 0 Å². The van der Waals surface area contributed by atoms with Crippen LogP contribution in [0.2, 0.25) is 0 Å². The Labute approximate surface area is 215 Å². The van der Waals surface area contributed by atoms with Crippen molar-refractivity contribution >= 4 is 27.0 Å². The molecule has 1 atom stereocenters. The summed E-state index contributed by atoms with van der Waals surface area (Å²) in [6.45, 7) is 0.595. The number of sulfonamides is 1. The molecular formula is C27H28N4O5S. The third kappa shape index (κ3) is 4.70. The number of carbonyl (C=O) groups excluding carboxylic acids is 1. The lowest BCUT2D eigenvalue weighted by Crippen LogP contribution is -2.36. The number of fused-ring (bicyclic) bond motifs is 2. The van der Waals surface area contributed by atoms with Gasteiger partial charge in [-0.15, -0.1) is 5.10 Å². The van der Waals surface area contributed by atoms with Gasteiger partial charge in [-0.1, -0.05) is 29.5 Å². The van der Waals surface area contributed by atoms with Crippen LogP contribution in [-0.2, 0) is 39.6 Å². The van der Waals surface area contributed by atoms with Crippen LogP contribution in [0, 0.1) is 0 Å². The van der Waals surface area contributed by atoms with Crippen LogP contribution in [0.15, 0.2) is 65.6 Å². The number of ether oxygens (including phenoxy) is 2. The third-order valence-electron chi connectivity index (χ3n) is 6.98. The summed E-state index contributed by atoms with van der Waals surface area (Å²) in [5, 5.41) is 8.32. The van der Waals surface area contributed by atoms with Gasteiger partial charge in [-0.3, -0.25) is 4.79 Å². The van der Waals surface area contributed by atoms with Gasteiger partial charge in [-0.2, -0.15) is 4.31 Å². The molecule has 1 unspecified atom stereocenters. The van der Waals surface area contributed by atoms with Crippen LogP contribution in [-0.4, -0.2) is 54.5 Å². The summed E-state index contributed by atoms with van der Waals surface area (Å²) >= 11 is 0. The Kier molecular flexibility index (Phi) is 6.70. The molecule has 0 amide bonds. The maximum absolute atomic E-state index is 13.4. The number of carbonyl (C=O) groups is 1. The maximum Gasteiger partial charge on any atom is 0.306 e. The van der Waals surface area contributed by atoms with Crippen LogP contribution in [0.3, 0.4) is 0 Å². The van der Waals surface area contributed by atoms with E-state index in [1.165, 1.54) is 11.4 Å². The van der Waals surface area contributed by atoms with E-state index in [0.717, 1.165) is 33.3 Å². The molecule has 0 N–H and O–H groups in total. The smallest absolute Gasteiger partial charge is 0.306 e. The molecule has 0 fully saturated rings. The number of methoxy groups -OCH3 is 2. The number of esters is 1. The quantitative estimate of drug-likeness (QED) is 0.344. The van der Waals surface area contributed by atoms with Crippen molar-refractivity contribution in [3.8, 4) is 5.75 Å². The fraction of sp³-hybridized carbons (Fsp3) is 0.296. The Bertz CT molecular complexity index is 1560. The number of rotatable bonds is 7. The van der Waals surface area contributed by atoms with Crippen molar-refractivity contribution in [1.82, 2.24) is 19.3 Å². The Morgan fingerprint density at radius 3 is 2.59 bits per heavy atom. The van der Waals surface area contributed by atoms with Crippen molar-refractivity contribution in [2.75, 3.05) is 20.8 Å². The molecule has 1 aromatic heterocycles. The standard InChI is InChI=1S/C27H28N4O5S/c1-30-26-12-7-18(15-25(26)28-29-30)24(16-27(32)36-3)23-6-4-5-19-17-31(14-13-22(19)23)37(33,34)21-10-8-20(35-2)9-11-21/h4-12,15,24H,13-14,16-17H2,1-3H3. The van der Waals surface area contributed by atoms with Crippen LogP contribution >= 0.6 is 0 Å². The minimum atomic E-state index is -3.67. The zero-order valence-corrected chi connectivity index (χ0v) is 21.7. The van der Waals surface area contributed by atoms with Gasteiger partial charge >= 0.3 is 5.97 Å². The Hall–Kier alpha value is -3.76. The van der Waals surface area contributed by atoms with E-state index in [-0.39, 0.29) is 29.7 Å². The summed E-state index contributed by atoms with van der Waals surface area (Å²) in [5.74, 6) is 0.0174.